The second-order valence-corrected chi connectivity index (χ2v) is 8.48. The first-order valence-corrected chi connectivity index (χ1v) is 11.4. The third-order valence-corrected chi connectivity index (χ3v) is 5.75. The summed E-state index contributed by atoms with van der Waals surface area (Å²) in [5.41, 5.74) is 2.52. The average molecular weight is 435 g/mol. The molecule has 0 saturated heterocycles. The van der Waals surface area contributed by atoms with Gasteiger partial charge < -0.3 is 14.2 Å². The molecule has 2 aromatic rings. The second kappa shape index (κ2) is 10.3. The summed E-state index contributed by atoms with van der Waals surface area (Å²) in [7, 11) is -3.97. The van der Waals surface area contributed by atoms with Crippen LogP contribution in [0.15, 0.2) is 47.4 Å². The summed E-state index contributed by atoms with van der Waals surface area (Å²) in [6.45, 7) is 3.54. The first-order valence-electron chi connectivity index (χ1n) is 9.94. The maximum Gasteiger partial charge on any atom is 0.266 e. The van der Waals surface area contributed by atoms with Gasteiger partial charge in [0, 0.05) is 11.6 Å². The van der Waals surface area contributed by atoms with Gasteiger partial charge in [0.15, 0.2) is 11.5 Å². The molecule has 1 aliphatic heterocycles. The van der Waals surface area contributed by atoms with Crippen molar-refractivity contribution in [1.82, 2.24) is 10.3 Å². The number of sulfonamides is 1. The molecule has 0 bridgehead atoms. The number of nitrogens with one attached hydrogen (secondary N) is 2. The van der Waals surface area contributed by atoms with Gasteiger partial charge in [-0.3, -0.25) is 10.2 Å². The van der Waals surface area contributed by atoms with Gasteiger partial charge in [-0.15, -0.1) is 4.83 Å². The van der Waals surface area contributed by atoms with Crippen LogP contribution < -0.4 is 24.5 Å². The maximum absolute atomic E-state index is 12.5. The molecular formula is C21H26N2O6S. The zero-order valence-electron chi connectivity index (χ0n) is 16.8. The number of carbonyl (C=O) groups is 1. The number of carbonyl (C=O) groups excluding carboxylic acids is 1. The van der Waals surface area contributed by atoms with Crippen LogP contribution in [0.3, 0.4) is 0 Å². The summed E-state index contributed by atoms with van der Waals surface area (Å²) in [5.74, 6) is 0.920. The Morgan fingerprint density at radius 2 is 1.73 bits per heavy atom. The molecule has 1 aliphatic rings. The number of ether oxygens (including phenoxy) is 3. The average Bonchev–Trinajstić information content (AvgIpc) is 2.77. The Kier molecular flexibility index (Phi) is 7.53. The molecule has 30 heavy (non-hydrogen) atoms. The number of amides is 1. The number of hydrogen-bond donors (Lipinski definition) is 2. The minimum absolute atomic E-state index is 0.0427. The second-order valence-electron chi connectivity index (χ2n) is 6.80. The smallest absolute Gasteiger partial charge is 0.266 e. The van der Waals surface area contributed by atoms with Crippen molar-refractivity contribution in [3.8, 4) is 17.2 Å². The highest BCUT2D eigenvalue weighted by Crippen LogP contribution is 2.32. The van der Waals surface area contributed by atoms with Gasteiger partial charge in [0.25, 0.3) is 15.9 Å². The topological polar surface area (TPSA) is 103 Å². The number of unbranched alkanes of at least 4 members (excludes halogenated alkanes) is 3. The summed E-state index contributed by atoms with van der Waals surface area (Å²) in [6, 6.07) is 10.8. The molecule has 1 amide bonds. The Balaban J connectivity index is 1.53. The van der Waals surface area contributed by atoms with Crippen LogP contribution in [0, 0.1) is 0 Å². The highest BCUT2D eigenvalue weighted by Gasteiger charge is 2.20. The summed E-state index contributed by atoms with van der Waals surface area (Å²) in [6.07, 6.45) is 4.46. The molecule has 0 radical (unpaired) electrons. The van der Waals surface area contributed by atoms with Crippen LogP contribution in [0.1, 0.15) is 43.0 Å². The fraction of sp³-hybridized carbons (Fsp3) is 0.381. The van der Waals surface area contributed by atoms with Gasteiger partial charge >= 0.3 is 0 Å². The molecule has 0 fully saturated rings. The molecule has 2 aromatic carbocycles. The lowest BCUT2D eigenvalue weighted by Crippen LogP contribution is -2.41. The number of hydrogen-bond acceptors (Lipinski definition) is 6. The van der Waals surface area contributed by atoms with E-state index in [4.69, 9.17) is 14.2 Å². The summed E-state index contributed by atoms with van der Waals surface area (Å²) < 4.78 is 41.3. The van der Waals surface area contributed by atoms with Crippen LogP contribution in [0.25, 0.3) is 0 Å². The number of rotatable bonds is 10. The molecule has 8 nitrogen and oxygen atoms in total. The van der Waals surface area contributed by atoms with E-state index < -0.39 is 15.9 Å². The van der Waals surface area contributed by atoms with Crippen LogP contribution >= 0.6 is 0 Å². The van der Waals surface area contributed by atoms with Crippen molar-refractivity contribution in [2.24, 2.45) is 0 Å². The quantitative estimate of drug-likeness (QED) is 0.440. The zero-order valence-corrected chi connectivity index (χ0v) is 17.7. The highest BCUT2D eigenvalue weighted by molar-refractivity contribution is 7.89. The Bertz CT molecular complexity index is 960. The minimum Gasteiger partial charge on any atom is -0.494 e. The Labute approximate surface area is 176 Å². The van der Waals surface area contributed by atoms with E-state index in [2.05, 4.69) is 17.2 Å². The molecule has 0 saturated carbocycles. The molecule has 0 atom stereocenters. The molecule has 3 rings (SSSR count). The van der Waals surface area contributed by atoms with Gasteiger partial charge in [-0.1, -0.05) is 26.2 Å². The van der Waals surface area contributed by atoms with Crippen molar-refractivity contribution in [1.29, 1.82) is 0 Å². The normalized spacial score (nSPS) is 13.0. The largest absolute Gasteiger partial charge is 0.494 e. The summed E-state index contributed by atoms with van der Waals surface area (Å²) in [5, 5.41) is 0. The first-order chi connectivity index (χ1) is 14.5. The predicted molar refractivity (Wildman–Crippen MR) is 111 cm³/mol. The van der Waals surface area contributed by atoms with Gasteiger partial charge in [0.2, 0.25) is 0 Å². The van der Waals surface area contributed by atoms with Crippen LogP contribution in [-0.4, -0.2) is 34.1 Å². The molecule has 162 valence electrons. The third-order valence-electron chi connectivity index (χ3n) is 4.51. The van der Waals surface area contributed by atoms with Crippen LogP contribution in [0.5, 0.6) is 17.2 Å². The standard InChI is InChI=1S/C21H26N2O6S/c1-2-3-4-5-12-27-17-8-6-16(7-9-17)21(24)22-23-30(25,26)18-10-11-19-20(15-18)29-14-13-28-19/h6-11,15,23H,2-5,12-14H2,1H3,(H,22,24). The maximum atomic E-state index is 12.5. The highest BCUT2D eigenvalue weighted by atomic mass is 32.2. The molecule has 2 N–H and O–H groups in total. The summed E-state index contributed by atoms with van der Waals surface area (Å²) >= 11 is 0. The van der Waals surface area contributed by atoms with E-state index in [-0.39, 0.29) is 4.90 Å². The van der Waals surface area contributed by atoms with Gasteiger partial charge in [0.05, 0.1) is 11.5 Å². The first kappa shape index (κ1) is 21.9. The zero-order chi connectivity index (χ0) is 21.4. The predicted octanol–water partition coefficient (Wildman–Crippen LogP) is 3.04. The number of benzene rings is 2. The van der Waals surface area contributed by atoms with Gasteiger partial charge in [-0.25, -0.2) is 8.42 Å². The Morgan fingerprint density at radius 1 is 1.00 bits per heavy atom. The van der Waals surface area contributed by atoms with E-state index in [0.717, 1.165) is 12.8 Å². The molecule has 0 aliphatic carbocycles. The van der Waals surface area contributed by atoms with Gasteiger partial charge in [-0.2, -0.15) is 0 Å². The fourth-order valence-electron chi connectivity index (χ4n) is 2.86. The Hall–Kier alpha value is -2.78. The molecular weight excluding hydrogens is 408 g/mol. The van der Waals surface area contributed by atoms with Crippen LogP contribution in [0.2, 0.25) is 0 Å². The summed E-state index contributed by atoms with van der Waals surface area (Å²) in [4.78, 5) is 14.3. The molecule has 0 aromatic heterocycles. The van der Waals surface area contributed by atoms with E-state index in [1.165, 1.54) is 31.0 Å². The van der Waals surface area contributed by atoms with Crippen molar-refractivity contribution in [3.05, 3.63) is 48.0 Å². The van der Waals surface area contributed by atoms with Crippen molar-refractivity contribution >= 4 is 15.9 Å². The van der Waals surface area contributed by atoms with Gasteiger partial charge in [-0.05, 0) is 42.8 Å². The monoisotopic (exact) mass is 434 g/mol. The molecule has 0 unspecified atom stereocenters. The SMILES string of the molecule is CCCCCCOc1ccc(C(=O)NNS(=O)(=O)c2ccc3c(c2)OCCO3)cc1. The molecule has 9 heteroatoms. The van der Waals surface area contributed by atoms with Crippen LogP contribution in [-0.2, 0) is 10.0 Å². The van der Waals surface area contributed by atoms with Gasteiger partial charge in [0.1, 0.15) is 19.0 Å². The van der Waals surface area contributed by atoms with Crippen molar-refractivity contribution in [2.75, 3.05) is 19.8 Å². The lowest BCUT2D eigenvalue weighted by molar-refractivity contribution is 0.0945. The number of fused-ring (bicyclic) bond motifs is 1. The molecule has 0 spiro atoms. The molecule has 1 heterocycles. The van der Waals surface area contributed by atoms with E-state index in [1.54, 1.807) is 24.3 Å². The van der Waals surface area contributed by atoms with E-state index >= 15 is 0 Å². The van der Waals surface area contributed by atoms with E-state index in [9.17, 15) is 13.2 Å². The lowest BCUT2D eigenvalue weighted by atomic mass is 10.2. The van der Waals surface area contributed by atoms with E-state index in [1.807, 2.05) is 0 Å². The third kappa shape index (κ3) is 5.87. The van der Waals surface area contributed by atoms with Crippen molar-refractivity contribution < 1.29 is 27.4 Å². The van der Waals surface area contributed by atoms with Crippen molar-refractivity contribution in [2.45, 2.75) is 37.5 Å². The van der Waals surface area contributed by atoms with E-state index in [0.29, 0.717) is 42.6 Å². The lowest BCUT2D eigenvalue weighted by Gasteiger charge is -2.19. The minimum atomic E-state index is -3.97. The Morgan fingerprint density at radius 3 is 2.47 bits per heavy atom. The van der Waals surface area contributed by atoms with Crippen LogP contribution in [0.4, 0.5) is 0 Å². The van der Waals surface area contributed by atoms with Crippen molar-refractivity contribution in [3.63, 3.8) is 0 Å². The fourth-order valence-corrected chi connectivity index (χ4v) is 3.71. The number of hydrazine groups is 1.